The molecule has 1 aromatic carbocycles. The van der Waals surface area contributed by atoms with Crippen molar-refractivity contribution in [1.82, 2.24) is 10.6 Å². The smallest absolute Gasteiger partial charge is 0.319 e. The molecule has 0 unspecified atom stereocenters. The van der Waals surface area contributed by atoms with Crippen LogP contribution in [0.5, 0.6) is 0 Å². The summed E-state index contributed by atoms with van der Waals surface area (Å²) in [5.41, 5.74) is 1.18. The number of hydrogen-bond donors (Lipinski definition) is 3. The molecule has 0 aliphatic heterocycles. The molecular formula is C17H21N3O3. The summed E-state index contributed by atoms with van der Waals surface area (Å²) in [5.74, 6) is 0.677. The zero-order valence-electron chi connectivity index (χ0n) is 13.3. The lowest BCUT2D eigenvalue weighted by molar-refractivity contribution is 0.0953. The van der Waals surface area contributed by atoms with Gasteiger partial charge in [-0.15, -0.1) is 0 Å². The topological polar surface area (TPSA) is 83.4 Å². The number of benzene rings is 1. The van der Waals surface area contributed by atoms with Crippen molar-refractivity contribution < 1.29 is 14.0 Å². The Kier molecular flexibility index (Phi) is 5.80. The lowest BCUT2D eigenvalue weighted by Crippen LogP contribution is -2.34. The van der Waals surface area contributed by atoms with E-state index in [1.807, 2.05) is 26.0 Å². The van der Waals surface area contributed by atoms with Gasteiger partial charge in [0.25, 0.3) is 5.91 Å². The van der Waals surface area contributed by atoms with Crippen molar-refractivity contribution in [3.63, 3.8) is 0 Å². The Labute approximate surface area is 135 Å². The largest absolute Gasteiger partial charge is 0.469 e. The van der Waals surface area contributed by atoms with Gasteiger partial charge in [-0.05, 0) is 50.2 Å². The van der Waals surface area contributed by atoms with E-state index < -0.39 is 0 Å². The molecule has 0 radical (unpaired) electrons. The molecule has 0 saturated heterocycles. The number of hydrogen-bond acceptors (Lipinski definition) is 3. The van der Waals surface area contributed by atoms with E-state index in [1.54, 1.807) is 30.5 Å². The van der Waals surface area contributed by atoms with Gasteiger partial charge in [0.1, 0.15) is 5.76 Å². The number of amides is 3. The zero-order chi connectivity index (χ0) is 16.7. The second-order valence-electron chi connectivity index (χ2n) is 5.42. The number of rotatable bonds is 6. The summed E-state index contributed by atoms with van der Waals surface area (Å²) in [5, 5.41) is 8.26. The average molecular weight is 315 g/mol. The molecule has 23 heavy (non-hydrogen) atoms. The quantitative estimate of drug-likeness (QED) is 0.766. The molecule has 6 heteroatoms. The maximum atomic E-state index is 12.0. The molecule has 0 atom stereocenters. The Morgan fingerprint density at radius 3 is 2.48 bits per heavy atom. The van der Waals surface area contributed by atoms with Gasteiger partial charge >= 0.3 is 6.03 Å². The van der Waals surface area contributed by atoms with Crippen molar-refractivity contribution in [2.45, 2.75) is 26.3 Å². The molecule has 2 aromatic rings. The van der Waals surface area contributed by atoms with Crippen molar-refractivity contribution in [1.29, 1.82) is 0 Å². The van der Waals surface area contributed by atoms with E-state index in [-0.39, 0.29) is 18.0 Å². The summed E-state index contributed by atoms with van der Waals surface area (Å²) < 4.78 is 5.20. The van der Waals surface area contributed by atoms with Crippen LogP contribution in [0.2, 0.25) is 0 Å². The van der Waals surface area contributed by atoms with Crippen LogP contribution in [0, 0.1) is 0 Å². The first-order valence-corrected chi connectivity index (χ1v) is 7.53. The highest BCUT2D eigenvalue weighted by Gasteiger charge is 2.07. The number of anilines is 1. The summed E-state index contributed by atoms with van der Waals surface area (Å²) in [6.45, 7) is 4.27. The molecule has 0 bridgehead atoms. The fourth-order valence-electron chi connectivity index (χ4n) is 1.99. The van der Waals surface area contributed by atoms with E-state index >= 15 is 0 Å². The molecule has 0 aliphatic rings. The fraction of sp³-hybridized carbons (Fsp3) is 0.294. The van der Waals surface area contributed by atoms with Crippen molar-refractivity contribution in [2.24, 2.45) is 0 Å². The van der Waals surface area contributed by atoms with Gasteiger partial charge in [-0.1, -0.05) is 0 Å². The van der Waals surface area contributed by atoms with Gasteiger partial charge < -0.3 is 20.4 Å². The zero-order valence-corrected chi connectivity index (χ0v) is 13.3. The number of carbonyl (C=O) groups excluding carboxylic acids is 2. The van der Waals surface area contributed by atoms with Crippen LogP contribution in [-0.4, -0.2) is 24.5 Å². The van der Waals surface area contributed by atoms with Gasteiger partial charge in [0.05, 0.1) is 6.26 Å². The highest BCUT2D eigenvalue weighted by atomic mass is 16.3. The van der Waals surface area contributed by atoms with Gasteiger partial charge in [0.15, 0.2) is 0 Å². The van der Waals surface area contributed by atoms with Gasteiger partial charge in [0.2, 0.25) is 0 Å². The van der Waals surface area contributed by atoms with Gasteiger partial charge in [-0.2, -0.15) is 0 Å². The average Bonchev–Trinajstić information content (AvgIpc) is 3.00. The first kappa shape index (κ1) is 16.6. The van der Waals surface area contributed by atoms with E-state index in [9.17, 15) is 9.59 Å². The number of urea groups is 1. The molecule has 0 fully saturated rings. The van der Waals surface area contributed by atoms with Crippen LogP contribution in [0.1, 0.15) is 30.0 Å². The normalized spacial score (nSPS) is 10.4. The second kappa shape index (κ2) is 8.03. The van der Waals surface area contributed by atoms with E-state index in [1.165, 1.54) is 0 Å². The predicted molar refractivity (Wildman–Crippen MR) is 88.5 cm³/mol. The minimum absolute atomic E-state index is 0.0641. The van der Waals surface area contributed by atoms with Crippen LogP contribution < -0.4 is 16.0 Å². The lowest BCUT2D eigenvalue weighted by Gasteiger charge is -2.10. The Hall–Kier alpha value is -2.76. The van der Waals surface area contributed by atoms with E-state index in [4.69, 9.17) is 4.42 Å². The molecule has 1 heterocycles. The van der Waals surface area contributed by atoms with Crippen molar-refractivity contribution in [2.75, 3.05) is 11.9 Å². The second-order valence-corrected chi connectivity index (χ2v) is 5.42. The summed E-state index contributed by atoms with van der Waals surface area (Å²) >= 11 is 0. The first-order chi connectivity index (χ1) is 11.0. The SMILES string of the molecule is CC(C)NC(=O)Nc1ccc(C(=O)NCCc2ccco2)cc1. The van der Waals surface area contributed by atoms with Gasteiger partial charge in [0, 0.05) is 30.3 Å². The van der Waals surface area contributed by atoms with Crippen LogP contribution in [-0.2, 0) is 6.42 Å². The molecule has 6 nitrogen and oxygen atoms in total. The van der Waals surface area contributed by atoms with E-state index in [0.717, 1.165) is 5.76 Å². The highest BCUT2D eigenvalue weighted by Crippen LogP contribution is 2.09. The predicted octanol–water partition coefficient (Wildman–Crippen LogP) is 2.78. The summed E-state index contributed by atoms with van der Waals surface area (Å²) in [4.78, 5) is 23.6. The van der Waals surface area contributed by atoms with E-state index in [0.29, 0.717) is 24.2 Å². The minimum atomic E-state index is -0.268. The summed E-state index contributed by atoms with van der Waals surface area (Å²) in [7, 11) is 0. The number of nitrogens with one attached hydrogen (secondary N) is 3. The Bertz CT molecular complexity index is 634. The van der Waals surface area contributed by atoms with Gasteiger partial charge in [-0.25, -0.2) is 4.79 Å². The van der Waals surface area contributed by atoms with Crippen molar-refractivity contribution in [3.05, 3.63) is 54.0 Å². The third-order valence-electron chi connectivity index (χ3n) is 3.06. The third-order valence-corrected chi connectivity index (χ3v) is 3.06. The Morgan fingerprint density at radius 2 is 1.87 bits per heavy atom. The number of carbonyl (C=O) groups is 2. The maximum Gasteiger partial charge on any atom is 0.319 e. The van der Waals surface area contributed by atoms with Crippen LogP contribution >= 0.6 is 0 Å². The summed E-state index contributed by atoms with van der Waals surface area (Å²) in [6.07, 6.45) is 2.26. The molecule has 122 valence electrons. The van der Waals surface area contributed by atoms with Gasteiger partial charge in [-0.3, -0.25) is 4.79 Å². The molecule has 0 aliphatic carbocycles. The Morgan fingerprint density at radius 1 is 1.13 bits per heavy atom. The minimum Gasteiger partial charge on any atom is -0.469 e. The van der Waals surface area contributed by atoms with Crippen molar-refractivity contribution >= 4 is 17.6 Å². The molecule has 1 aromatic heterocycles. The first-order valence-electron chi connectivity index (χ1n) is 7.53. The molecular weight excluding hydrogens is 294 g/mol. The third kappa shape index (κ3) is 5.50. The van der Waals surface area contributed by atoms with Crippen LogP contribution in [0.15, 0.2) is 47.1 Å². The fourth-order valence-corrected chi connectivity index (χ4v) is 1.99. The van der Waals surface area contributed by atoms with Crippen LogP contribution in [0.4, 0.5) is 10.5 Å². The highest BCUT2D eigenvalue weighted by molar-refractivity contribution is 5.95. The summed E-state index contributed by atoms with van der Waals surface area (Å²) in [6, 6.07) is 10.2. The Balaban J connectivity index is 1.81. The molecule has 2 rings (SSSR count). The molecule has 3 N–H and O–H groups in total. The number of furan rings is 1. The van der Waals surface area contributed by atoms with E-state index in [2.05, 4.69) is 16.0 Å². The lowest BCUT2D eigenvalue weighted by atomic mass is 10.2. The molecule has 0 spiro atoms. The monoisotopic (exact) mass is 315 g/mol. The van der Waals surface area contributed by atoms with Crippen LogP contribution in [0.25, 0.3) is 0 Å². The molecule has 0 saturated carbocycles. The van der Waals surface area contributed by atoms with Crippen molar-refractivity contribution in [3.8, 4) is 0 Å². The molecule has 3 amide bonds. The standard InChI is InChI=1S/C17H21N3O3/c1-12(2)19-17(22)20-14-7-5-13(6-8-14)16(21)18-10-9-15-4-3-11-23-15/h3-8,11-12H,9-10H2,1-2H3,(H,18,21)(H2,19,20,22). The maximum absolute atomic E-state index is 12.0. The van der Waals surface area contributed by atoms with Crippen LogP contribution in [0.3, 0.4) is 0 Å².